The first-order chi connectivity index (χ1) is 11.5. The molecule has 0 aliphatic rings. The van der Waals surface area contributed by atoms with Gasteiger partial charge in [-0.15, -0.1) is 11.8 Å². The number of methoxy groups -OCH3 is 2. The third kappa shape index (κ3) is 5.04. The number of benzene rings is 2. The van der Waals surface area contributed by atoms with E-state index in [0.717, 1.165) is 9.32 Å². The quantitative estimate of drug-likeness (QED) is 0.386. The van der Waals surface area contributed by atoms with Crippen LogP contribution in [0.1, 0.15) is 15.9 Å². The van der Waals surface area contributed by atoms with Crippen LogP contribution < -0.4 is 14.8 Å². The Kier molecular flexibility index (Phi) is 7.23. The van der Waals surface area contributed by atoms with Crippen LogP contribution in [-0.4, -0.2) is 32.4 Å². The molecule has 2 aromatic rings. The predicted molar refractivity (Wildman–Crippen MR) is 106 cm³/mol. The van der Waals surface area contributed by atoms with E-state index in [9.17, 15) is 4.79 Å². The number of hydrogen-bond acceptors (Lipinski definition) is 4. The highest BCUT2D eigenvalue weighted by atomic mass is 127. The summed E-state index contributed by atoms with van der Waals surface area (Å²) < 4.78 is 11.3. The number of nitrogens with one attached hydrogen (secondary N) is 1. The topological polar surface area (TPSA) is 47.6 Å². The van der Waals surface area contributed by atoms with E-state index in [2.05, 4.69) is 59.1 Å². The van der Waals surface area contributed by atoms with Crippen molar-refractivity contribution in [3.05, 3.63) is 51.1 Å². The van der Waals surface area contributed by atoms with Crippen LogP contribution in [-0.2, 0) is 0 Å². The number of carbonyl (C=O) groups excluding carboxylic acids is 1. The first kappa shape index (κ1) is 18.9. The van der Waals surface area contributed by atoms with E-state index in [1.165, 1.54) is 10.5 Å². The Morgan fingerprint density at radius 1 is 1.12 bits per heavy atom. The summed E-state index contributed by atoms with van der Waals surface area (Å²) in [7, 11) is 3.14. The number of hydrogen-bond donors (Lipinski definition) is 1. The number of ether oxygens (including phenoxy) is 2. The van der Waals surface area contributed by atoms with Gasteiger partial charge >= 0.3 is 0 Å². The third-order valence-electron chi connectivity index (χ3n) is 3.40. The molecule has 1 amide bonds. The molecule has 0 aliphatic heterocycles. The van der Waals surface area contributed by atoms with Gasteiger partial charge < -0.3 is 14.8 Å². The van der Waals surface area contributed by atoms with Gasteiger partial charge in [-0.3, -0.25) is 4.79 Å². The van der Waals surface area contributed by atoms with Crippen molar-refractivity contribution in [2.45, 2.75) is 11.8 Å². The molecule has 0 aliphatic carbocycles. The Hall–Kier alpha value is -1.41. The molecule has 2 rings (SSSR count). The summed E-state index contributed by atoms with van der Waals surface area (Å²) in [6, 6.07) is 11.9. The van der Waals surface area contributed by atoms with Gasteiger partial charge in [0.1, 0.15) is 0 Å². The van der Waals surface area contributed by atoms with E-state index in [0.29, 0.717) is 23.6 Å². The second-order valence-corrected chi connectivity index (χ2v) is 7.43. The van der Waals surface area contributed by atoms with Crippen molar-refractivity contribution in [2.75, 3.05) is 26.5 Å². The average Bonchev–Trinajstić information content (AvgIpc) is 2.59. The van der Waals surface area contributed by atoms with Crippen LogP contribution in [0.25, 0.3) is 0 Å². The first-order valence-electron chi connectivity index (χ1n) is 7.44. The monoisotopic (exact) mass is 457 g/mol. The van der Waals surface area contributed by atoms with E-state index < -0.39 is 0 Å². The van der Waals surface area contributed by atoms with Gasteiger partial charge in [0.15, 0.2) is 11.5 Å². The maximum Gasteiger partial charge on any atom is 0.252 e. The van der Waals surface area contributed by atoms with Gasteiger partial charge in [-0.1, -0.05) is 17.7 Å². The molecule has 0 fully saturated rings. The van der Waals surface area contributed by atoms with E-state index in [1.807, 2.05) is 0 Å². The lowest BCUT2D eigenvalue weighted by Gasteiger charge is -2.12. The Morgan fingerprint density at radius 2 is 1.75 bits per heavy atom. The number of rotatable bonds is 7. The van der Waals surface area contributed by atoms with Gasteiger partial charge in [-0.25, -0.2) is 0 Å². The van der Waals surface area contributed by atoms with Crippen LogP contribution >= 0.6 is 34.4 Å². The third-order valence-corrected chi connectivity index (χ3v) is 5.30. The highest BCUT2D eigenvalue weighted by Crippen LogP contribution is 2.31. The summed E-state index contributed by atoms with van der Waals surface area (Å²) in [6.45, 7) is 2.67. The Labute approximate surface area is 160 Å². The summed E-state index contributed by atoms with van der Waals surface area (Å²) in [5, 5.41) is 2.95. The van der Waals surface area contributed by atoms with Gasteiger partial charge in [0, 0.05) is 20.8 Å². The van der Waals surface area contributed by atoms with Crippen LogP contribution in [0.5, 0.6) is 11.5 Å². The number of amides is 1. The van der Waals surface area contributed by atoms with Gasteiger partial charge in [-0.05, 0) is 53.8 Å². The standard InChI is InChI=1S/C18H20INO3S/c1-12-4-6-13(7-5-12)24-9-8-20-18(21)14-10-16(22-2)17(23-3)11-15(14)19/h4-7,10-11H,8-9H2,1-3H3,(H,20,21). The molecule has 128 valence electrons. The van der Waals surface area contributed by atoms with Crippen LogP contribution in [0.4, 0.5) is 0 Å². The maximum atomic E-state index is 12.4. The molecule has 0 bridgehead atoms. The second kappa shape index (κ2) is 9.17. The predicted octanol–water partition coefficient (Wildman–Crippen LogP) is 4.14. The number of aryl methyl sites for hydroxylation is 1. The van der Waals surface area contributed by atoms with Crippen molar-refractivity contribution in [1.82, 2.24) is 5.32 Å². The normalized spacial score (nSPS) is 10.3. The van der Waals surface area contributed by atoms with E-state index in [1.54, 1.807) is 38.1 Å². The highest BCUT2D eigenvalue weighted by molar-refractivity contribution is 14.1. The average molecular weight is 457 g/mol. The molecule has 4 nitrogen and oxygen atoms in total. The highest BCUT2D eigenvalue weighted by Gasteiger charge is 2.15. The number of thioether (sulfide) groups is 1. The summed E-state index contributed by atoms with van der Waals surface area (Å²) >= 11 is 3.85. The molecule has 6 heteroatoms. The summed E-state index contributed by atoms with van der Waals surface area (Å²) in [6.07, 6.45) is 0. The minimum absolute atomic E-state index is 0.107. The molecule has 0 aromatic heterocycles. The summed E-state index contributed by atoms with van der Waals surface area (Å²) in [5.74, 6) is 1.88. The molecular weight excluding hydrogens is 437 g/mol. The molecule has 0 radical (unpaired) electrons. The molecule has 24 heavy (non-hydrogen) atoms. The SMILES string of the molecule is COc1cc(I)c(C(=O)NCCSc2ccc(C)cc2)cc1OC. The minimum Gasteiger partial charge on any atom is -0.493 e. The molecule has 0 spiro atoms. The number of carbonyl (C=O) groups is 1. The van der Waals surface area contributed by atoms with Gasteiger partial charge in [-0.2, -0.15) is 0 Å². The fourth-order valence-electron chi connectivity index (χ4n) is 2.09. The van der Waals surface area contributed by atoms with E-state index >= 15 is 0 Å². The lowest BCUT2D eigenvalue weighted by Crippen LogP contribution is -2.26. The van der Waals surface area contributed by atoms with Gasteiger partial charge in [0.25, 0.3) is 5.91 Å². The largest absolute Gasteiger partial charge is 0.493 e. The van der Waals surface area contributed by atoms with Crippen LogP contribution in [0.15, 0.2) is 41.3 Å². The Morgan fingerprint density at radius 3 is 2.38 bits per heavy atom. The van der Waals surface area contributed by atoms with Crippen LogP contribution in [0.3, 0.4) is 0 Å². The van der Waals surface area contributed by atoms with Gasteiger partial charge in [0.2, 0.25) is 0 Å². The molecule has 0 atom stereocenters. The van der Waals surface area contributed by atoms with Crippen molar-refractivity contribution in [1.29, 1.82) is 0 Å². The fraction of sp³-hybridized carbons (Fsp3) is 0.278. The fourth-order valence-corrected chi connectivity index (χ4v) is 3.54. The molecular formula is C18H20INO3S. The maximum absolute atomic E-state index is 12.4. The van der Waals surface area contributed by atoms with Crippen LogP contribution in [0.2, 0.25) is 0 Å². The molecule has 0 saturated heterocycles. The van der Waals surface area contributed by atoms with Crippen molar-refractivity contribution in [3.63, 3.8) is 0 Å². The lowest BCUT2D eigenvalue weighted by molar-refractivity contribution is 0.0955. The second-order valence-electron chi connectivity index (χ2n) is 5.10. The molecule has 0 heterocycles. The number of halogens is 1. The van der Waals surface area contributed by atoms with Gasteiger partial charge in [0.05, 0.1) is 19.8 Å². The summed E-state index contributed by atoms with van der Waals surface area (Å²) in [4.78, 5) is 13.6. The smallest absolute Gasteiger partial charge is 0.252 e. The Balaban J connectivity index is 1.91. The zero-order valence-corrected chi connectivity index (χ0v) is 16.9. The van der Waals surface area contributed by atoms with Crippen molar-refractivity contribution < 1.29 is 14.3 Å². The van der Waals surface area contributed by atoms with Crippen molar-refractivity contribution >= 4 is 40.3 Å². The summed E-state index contributed by atoms with van der Waals surface area (Å²) in [5.41, 5.74) is 1.84. The molecule has 2 aromatic carbocycles. The molecule has 1 N–H and O–H groups in total. The first-order valence-corrected chi connectivity index (χ1v) is 9.50. The van der Waals surface area contributed by atoms with Crippen molar-refractivity contribution in [3.8, 4) is 11.5 Å². The Bertz CT molecular complexity index is 704. The molecule has 0 saturated carbocycles. The van der Waals surface area contributed by atoms with E-state index in [-0.39, 0.29) is 5.91 Å². The molecule has 0 unspecified atom stereocenters. The van der Waals surface area contributed by atoms with E-state index in [4.69, 9.17) is 9.47 Å². The zero-order valence-electron chi connectivity index (χ0n) is 13.9. The van der Waals surface area contributed by atoms with Crippen molar-refractivity contribution in [2.24, 2.45) is 0 Å². The zero-order chi connectivity index (χ0) is 17.5. The lowest BCUT2D eigenvalue weighted by atomic mass is 10.2. The minimum atomic E-state index is -0.107. The van der Waals surface area contributed by atoms with Crippen LogP contribution in [0, 0.1) is 10.5 Å².